The molecule has 0 bridgehead atoms. The number of nitrogens with zero attached hydrogens (tertiary/aromatic N) is 2. The van der Waals surface area contributed by atoms with Crippen LogP contribution in [0.5, 0.6) is 0 Å². The highest BCUT2D eigenvalue weighted by atomic mass is 79.9. The number of benzene rings is 1. The molecule has 5 heteroatoms. The molecule has 2 aromatic rings. The van der Waals surface area contributed by atoms with Gasteiger partial charge in [-0.05, 0) is 43.2 Å². The molecule has 1 heterocycles. The molecule has 1 amide bonds. The molecule has 1 saturated carbocycles. The fourth-order valence-corrected chi connectivity index (χ4v) is 2.96. The van der Waals surface area contributed by atoms with Gasteiger partial charge in [-0.2, -0.15) is 0 Å². The summed E-state index contributed by atoms with van der Waals surface area (Å²) in [5.41, 5.74) is 1.69. The third kappa shape index (κ3) is 3.16. The number of aromatic nitrogens is 1. The second-order valence-corrected chi connectivity index (χ2v) is 6.72. The SMILES string of the molecule is Cn1cccc1CN(C(=O)c1cc(Br)ccc1Cl)C1CC1. The van der Waals surface area contributed by atoms with Crippen LogP contribution < -0.4 is 0 Å². The summed E-state index contributed by atoms with van der Waals surface area (Å²) in [6.07, 6.45) is 4.14. The Labute approximate surface area is 137 Å². The van der Waals surface area contributed by atoms with Gasteiger partial charge in [0.1, 0.15) is 0 Å². The number of rotatable bonds is 4. The lowest BCUT2D eigenvalue weighted by Gasteiger charge is -2.23. The fraction of sp³-hybridized carbons (Fsp3) is 0.312. The van der Waals surface area contributed by atoms with Crippen molar-refractivity contribution >= 4 is 33.4 Å². The summed E-state index contributed by atoms with van der Waals surface area (Å²) >= 11 is 9.61. The van der Waals surface area contributed by atoms with Gasteiger partial charge >= 0.3 is 0 Å². The van der Waals surface area contributed by atoms with Crippen molar-refractivity contribution in [1.82, 2.24) is 9.47 Å². The third-order valence-electron chi connectivity index (χ3n) is 3.79. The number of amides is 1. The standard InChI is InChI=1S/C16H16BrClN2O/c1-19-8-2-3-13(19)10-20(12-5-6-12)16(21)14-9-11(17)4-7-15(14)18/h2-4,7-9,12H,5-6,10H2,1H3. The molecule has 110 valence electrons. The smallest absolute Gasteiger partial charge is 0.256 e. The largest absolute Gasteiger partial charge is 0.353 e. The molecule has 0 atom stereocenters. The van der Waals surface area contributed by atoms with Gasteiger partial charge in [-0.3, -0.25) is 4.79 Å². The Hall–Kier alpha value is -1.26. The second kappa shape index (κ2) is 5.85. The molecule has 1 aliphatic carbocycles. The van der Waals surface area contributed by atoms with Crippen molar-refractivity contribution in [3.8, 4) is 0 Å². The lowest BCUT2D eigenvalue weighted by atomic mass is 10.2. The van der Waals surface area contributed by atoms with Crippen LogP contribution in [0.15, 0.2) is 41.0 Å². The van der Waals surface area contributed by atoms with Crippen LogP contribution in [0.25, 0.3) is 0 Å². The maximum atomic E-state index is 12.8. The first-order valence-electron chi connectivity index (χ1n) is 6.92. The van der Waals surface area contributed by atoms with E-state index in [1.165, 1.54) is 0 Å². The predicted octanol–water partition coefficient (Wildman–Crippen LogP) is 4.25. The Morgan fingerprint density at radius 2 is 2.19 bits per heavy atom. The van der Waals surface area contributed by atoms with Crippen molar-refractivity contribution < 1.29 is 4.79 Å². The average Bonchev–Trinajstić information content (AvgIpc) is 3.22. The summed E-state index contributed by atoms with van der Waals surface area (Å²) < 4.78 is 2.91. The molecule has 1 aromatic carbocycles. The number of carbonyl (C=O) groups is 1. The van der Waals surface area contributed by atoms with Crippen LogP contribution >= 0.6 is 27.5 Å². The Bertz CT molecular complexity index is 679. The predicted molar refractivity (Wildman–Crippen MR) is 87.5 cm³/mol. The summed E-state index contributed by atoms with van der Waals surface area (Å²) in [5.74, 6) is 0.00463. The van der Waals surface area contributed by atoms with Crippen molar-refractivity contribution in [3.63, 3.8) is 0 Å². The molecule has 0 aliphatic heterocycles. The zero-order valence-corrected chi connectivity index (χ0v) is 14.1. The van der Waals surface area contributed by atoms with E-state index < -0.39 is 0 Å². The molecule has 0 N–H and O–H groups in total. The van der Waals surface area contributed by atoms with Gasteiger partial charge in [-0.1, -0.05) is 27.5 Å². The Morgan fingerprint density at radius 1 is 1.43 bits per heavy atom. The van der Waals surface area contributed by atoms with E-state index in [-0.39, 0.29) is 5.91 Å². The Kier molecular flexibility index (Phi) is 4.09. The van der Waals surface area contributed by atoms with E-state index in [1.54, 1.807) is 12.1 Å². The zero-order chi connectivity index (χ0) is 15.0. The van der Waals surface area contributed by atoms with Crippen molar-refractivity contribution in [2.45, 2.75) is 25.4 Å². The first-order chi connectivity index (χ1) is 10.1. The average molecular weight is 368 g/mol. The summed E-state index contributed by atoms with van der Waals surface area (Å²) in [4.78, 5) is 14.8. The monoisotopic (exact) mass is 366 g/mol. The van der Waals surface area contributed by atoms with E-state index in [0.29, 0.717) is 23.2 Å². The Morgan fingerprint density at radius 3 is 2.81 bits per heavy atom. The molecule has 0 radical (unpaired) electrons. The van der Waals surface area contributed by atoms with Crippen LogP contribution in [0.1, 0.15) is 28.9 Å². The minimum Gasteiger partial charge on any atom is -0.353 e. The summed E-state index contributed by atoms with van der Waals surface area (Å²) in [7, 11) is 2.00. The minimum absolute atomic E-state index is 0.00463. The van der Waals surface area contributed by atoms with Crippen molar-refractivity contribution in [2.75, 3.05) is 0 Å². The molecule has 1 fully saturated rings. The highest BCUT2D eigenvalue weighted by molar-refractivity contribution is 9.10. The maximum absolute atomic E-state index is 12.8. The van der Waals surface area contributed by atoms with Crippen LogP contribution in [-0.4, -0.2) is 21.4 Å². The molecule has 0 unspecified atom stereocenters. The quantitative estimate of drug-likeness (QED) is 0.793. The van der Waals surface area contributed by atoms with Gasteiger partial charge in [0.15, 0.2) is 0 Å². The summed E-state index contributed by atoms with van der Waals surface area (Å²) in [6, 6.07) is 9.78. The topological polar surface area (TPSA) is 25.2 Å². The number of halogens is 2. The lowest BCUT2D eigenvalue weighted by Crippen LogP contribution is -2.33. The van der Waals surface area contributed by atoms with Crippen molar-refractivity contribution in [3.05, 3.63) is 57.3 Å². The van der Waals surface area contributed by atoms with E-state index in [0.717, 1.165) is 23.0 Å². The normalized spacial score (nSPS) is 14.2. The van der Waals surface area contributed by atoms with E-state index in [4.69, 9.17) is 11.6 Å². The van der Waals surface area contributed by atoms with Crippen LogP contribution in [0.2, 0.25) is 5.02 Å². The second-order valence-electron chi connectivity index (χ2n) is 5.40. The molecule has 0 saturated heterocycles. The Balaban J connectivity index is 1.88. The molecule has 3 nitrogen and oxygen atoms in total. The van der Waals surface area contributed by atoms with E-state index in [9.17, 15) is 4.79 Å². The van der Waals surface area contributed by atoms with Crippen LogP contribution in [0, 0.1) is 0 Å². The molecule has 21 heavy (non-hydrogen) atoms. The molecular formula is C16H16BrClN2O. The van der Waals surface area contributed by atoms with Gasteiger partial charge < -0.3 is 9.47 Å². The molecule has 1 aromatic heterocycles. The third-order valence-corrected chi connectivity index (χ3v) is 4.61. The number of hydrogen-bond donors (Lipinski definition) is 0. The van der Waals surface area contributed by atoms with Gasteiger partial charge in [0.25, 0.3) is 5.91 Å². The summed E-state index contributed by atoms with van der Waals surface area (Å²) in [6.45, 7) is 0.621. The van der Waals surface area contributed by atoms with Gasteiger partial charge in [-0.15, -0.1) is 0 Å². The fourth-order valence-electron chi connectivity index (χ4n) is 2.40. The molecular weight excluding hydrogens is 352 g/mol. The maximum Gasteiger partial charge on any atom is 0.256 e. The van der Waals surface area contributed by atoms with Crippen molar-refractivity contribution in [1.29, 1.82) is 0 Å². The summed E-state index contributed by atoms with van der Waals surface area (Å²) in [5, 5.41) is 0.501. The molecule has 0 spiro atoms. The lowest BCUT2D eigenvalue weighted by molar-refractivity contribution is 0.0726. The zero-order valence-electron chi connectivity index (χ0n) is 11.7. The highest BCUT2D eigenvalue weighted by Gasteiger charge is 2.34. The van der Waals surface area contributed by atoms with Crippen molar-refractivity contribution in [2.24, 2.45) is 7.05 Å². The van der Waals surface area contributed by atoms with Gasteiger partial charge in [-0.25, -0.2) is 0 Å². The highest BCUT2D eigenvalue weighted by Crippen LogP contribution is 2.32. The first kappa shape index (κ1) is 14.7. The molecule has 3 rings (SSSR count). The van der Waals surface area contributed by atoms with Gasteiger partial charge in [0.05, 0.1) is 17.1 Å². The van der Waals surface area contributed by atoms with E-state index >= 15 is 0 Å². The van der Waals surface area contributed by atoms with Crippen LogP contribution in [-0.2, 0) is 13.6 Å². The van der Waals surface area contributed by atoms with E-state index in [1.807, 2.05) is 40.9 Å². The minimum atomic E-state index is 0.00463. The number of carbonyl (C=O) groups excluding carboxylic acids is 1. The number of hydrogen-bond acceptors (Lipinski definition) is 1. The van der Waals surface area contributed by atoms with Crippen LogP contribution in [0.3, 0.4) is 0 Å². The van der Waals surface area contributed by atoms with Crippen LogP contribution in [0.4, 0.5) is 0 Å². The van der Waals surface area contributed by atoms with Gasteiger partial charge in [0.2, 0.25) is 0 Å². The first-order valence-corrected chi connectivity index (χ1v) is 8.09. The van der Waals surface area contributed by atoms with E-state index in [2.05, 4.69) is 15.9 Å². The van der Waals surface area contributed by atoms with Gasteiger partial charge in [0, 0.05) is 29.5 Å². The molecule has 1 aliphatic rings. The number of aryl methyl sites for hydroxylation is 1.